The van der Waals surface area contributed by atoms with Crippen molar-refractivity contribution in [3.63, 3.8) is 0 Å². The molecular weight excluding hydrogens is 198 g/mol. The molecule has 1 heterocycles. The van der Waals surface area contributed by atoms with Gasteiger partial charge in [0.2, 0.25) is 5.91 Å². The molecule has 1 aliphatic carbocycles. The Morgan fingerprint density at radius 2 is 2.29 bits per heavy atom. The SMILES string of the molecule is CSC1CCCC1N1CC(O)CC1=O. The summed E-state index contributed by atoms with van der Waals surface area (Å²) in [6, 6.07) is 0.384. The maximum absolute atomic E-state index is 11.6. The quantitative estimate of drug-likeness (QED) is 0.743. The molecule has 3 unspecified atom stereocenters. The Balaban J connectivity index is 2.03. The van der Waals surface area contributed by atoms with Gasteiger partial charge in [0.05, 0.1) is 12.5 Å². The minimum Gasteiger partial charge on any atom is -0.391 e. The molecule has 80 valence electrons. The molecule has 0 radical (unpaired) electrons. The number of carbonyl (C=O) groups is 1. The summed E-state index contributed by atoms with van der Waals surface area (Å²) in [6.45, 7) is 0.556. The zero-order valence-corrected chi connectivity index (χ0v) is 9.30. The van der Waals surface area contributed by atoms with Crippen LogP contribution in [-0.2, 0) is 4.79 Å². The molecule has 0 aromatic carbocycles. The highest BCUT2D eigenvalue weighted by Gasteiger charge is 2.39. The number of hydrogen-bond donors (Lipinski definition) is 1. The third kappa shape index (κ3) is 1.77. The highest BCUT2D eigenvalue weighted by molar-refractivity contribution is 7.99. The van der Waals surface area contributed by atoms with Gasteiger partial charge in [-0.1, -0.05) is 6.42 Å². The standard InChI is InChI=1S/C10H17NO2S/c1-14-9-4-2-3-8(9)11-6-7(12)5-10(11)13/h7-9,12H,2-6H2,1H3. The molecule has 3 atom stereocenters. The number of β-amino-alcohol motifs (C(OH)–C–C–N with tert-alkyl or cyclic N) is 1. The minimum atomic E-state index is -0.425. The Morgan fingerprint density at radius 1 is 1.50 bits per heavy atom. The van der Waals surface area contributed by atoms with Gasteiger partial charge >= 0.3 is 0 Å². The van der Waals surface area contributed by atoms with E-state index in [-0.39, 0.29) is 5.91 Å². The van der Waals surface area contributed by atoms with E-state index in [1.807, 2.05) is 16.7 Å². The van der Waals surface area contributed by atoms with Crippen molar-refractivity contribution in [1.29, 1.82) is 0 Å². The summed E-state index contributed by atoms with van der Waals surface area (Å²) in [5, 5.41) is 10.0. The largest absolute Gasteiger partial charge is 0.391 e. The molecule has 0 bridgehead atoms. The summed E-state index contributed by atoms with van der Waals surface area (Å²) in [5.41, 5.74) is 0. The minimum absolute atomic E-state index is 0.142. The predicted molar refractivity (Wildman–Crippen MR) is 57.3 cm³/mol. The summed E-state index contributed by atoms with van der Waals surface area (Å²) in [4.78, 5) is 13.5. The third-order valence-electron chi connectivity index (χ3n) is 3.26. The Bertz CT molecular complexity index is 234. The van der Waals surface area contributed by atoms with E-state index in [9.17, 15) is 9.90 Å². The first kappa shape index (κ1) is 10.3. The van der Waals surface area contributed by atoms with Crippen molar-refractivity contribution in [2.45, 2.75) is 43.1 Å². The maximum atomic E-state index is 11.6. The van der Waals surface area contributed by atoms with Crippen LogP contribution in [0.2, 0.25) is 0 Å². The second-order valence-corrected chi connectivity index (χ2v) is 5.25. The third-order valence-corrected chi connectivity index (χ3v) is 4.41. The van der Waals surface area contributed by atoms with E-state index in [1.54, 1.807) is 0 Å². The van der Waals surface area contributed by atoms with Gasteiger partial charge in [-0.05, 0) is 19.1 Å². The molecule has 2 rings (SSSR count). The van der Waals surface area contributed by atoms with Gasteiger partial charge in [0.25, 0.3) is 0 Å². The predicted octanol–water partition coefficient (Wildman–Crippen LogP) is 0.864. The van der Waals surface area contributed by atoms with Gasteiger partial charge in [0, 0.05) is 17.8 Å². The molecule has 1 aliphatic heterocycles. The van der Waals surface area contributed by atoms with Gasteiger partial charge in [-0.25, -0.2) is 0 Å². The van der Waals surface area contributed by atoms with Crippen molar-refractivity contribution in [3.05, 3.63) is 0 Å². The van der Waals surface area contributed by atoms with E-state index >= 15 is 0 Å². The Labute approximate surface area is 88.9 Å². The Hall–Kier alpha value is -0.220. The highest BCUT2D eigenvalue weighted by atomic mass is 32.2. The number of aliphatic hydroxyl groups is 1. The molecule has 2 fully saturated rings. The van der Waals surface area contributed by atoms with Crippen LogP contribution in [0.3, 0.4) is 0 Å². The topological polar surface area (TPSA) is 40.5 Å². The fourth-order valence-corrected chi connectivity index (χ4v) is 3.57. The van der Waals surface area contributed by atoms with Crippen LogP contribution in [0.25, 0.3) is 0 Å². The molecule has 14 heavy (non-hydrogen) atoms. The number of likely N-dealkylation sites (tertiary alicyclic amines) is 1. The molecule has 0 spiro atoms. The van der Waals surface area contributed by atoms with Gasteiger partial charge in [-0.3, -0.25) is 4.79 Å². The van der Waals surface area contributed by atoms with Crippen molar-refractivity contribution >= 4 is 17.7 Å². The summed E-state index contributed by atoms with van der Waals surface area (Å²) >= 11 is 1.86. The molecule has 4 heteroatoms. The van der Waals surface area contributed by atoms with Gasteiger partial charge in [-0.2, -0.15) is 11.8 Å². The van der Waals surface area contributed by atoms with Crippen molar-refractivity contribution in [2.75, 3.05) is 12.8 Å². The van der Waals surface area contributed by atoms with Crippen LogP contribution in [0.1, 0.15) is 25.7 Å². The zero-order valence-electron chi connectivity index (χ0n) is 8.48. The summed E-state index contributed by atoms with van der Waals surface area (Å²) < 4.78 is 0. The second kappa shape index (κ2) is 4.11. The molecule has 0 aromatic rings. The first-order chi connectivity index (χ1) is 6.72. The van der Waals surface area contributed by atoms with Crippen LogP contribution in [0.15, 0.2) is 0 Å². The summed E-state index contributed by atoms with van der Waals surface area (Å²) in [6.07, 6.45) is 5.56. The summed E-state index contributed by atoms with van der Waals surface area (Å²) in [5.74, 6) is 0.142. The van der Waals surface area contributed by atoms with Crippen molar-refractivity contribution in [1.82, 2.24) is 4.90 Å². The average molecular weight is 215 g/mol. The lowest BCUT2D eigenvalue weighted by molar-refractivity contribution is -0.129. The molecule has 3 nitrogen and oxygen atoms in total. The number of thioether (sulfide) groups is 1. The van der Waals surface area contributed by atoms with E-state index < -0.39 is 6.10 Å². The number of carbonyl (C=O) groups excluding carboxylic acids is 1. The van der Waals surface area contributed by atoms with E-state index in [0.29, 0.717) is 24.3 Å². The second-order valence-electron chi connectivity index (χ2n) is 4.18. The molecule has 1 amide bonds. The molecule has 0 aromatic heterocycles. The van der Waals surface area contributed by atoms with Crippen molar-refractivity contribution in [3.8, 4) is 0 Å². The number of hydrogen-bond acceptors (Lipinski definition) is 3. The van der Waals surface area contributed by atoms with Crippen LogP contribution in [0, 0.1) is 0 Å². The molecule has 2 aliphatic rings. The summed E-state index contributed by atoms with van der Waals surface area (Å²) in [7, 11) is 0. The van der Waals surface area contributed by atoms with Gasteiger partial charge in [0.15, 0.2) is 0 Å². The van der Waals surface area contributed by atoms with E-state index in [1.165, 1.54) is 12.8 Å². The molecular formula is C10H17NO2S. The fraction of sp³-hybridized carbons (Fsp3) is 0.900. The van der Waals surface area contributed by atoms with Gasteiger partial charge in [0.1, 0.15) is 0 Å². The highest BCUT2D eigenvalue weighted by Crippen LogP contribution is 2.34. The Morgan fingerprint density at radius 3 is 2.86 bits per heavy atom. The Kier molecular flexibility index (Phi) is 3.02. The lowest BCUT2D eigenvalue weighted by atomic mass is 10.2. The number of rotatable bonds is 2. The van der Waals surface area contributed by atoms with Crippen LogP contribution in [0.5, 0.6) is 0 Å². The lowest BCUT2D eigenvalue weighted by Gasteiger charge is -2.28. The number of aliphatic hydroxyl groups excluding tert-OH is 1. The molecule has 1 N–H and O–H groups in total. The van der Waals surface area contributed by atoms with Crippen LogP contribution < -0.4 is 0 Å². The first-order valence-electron chi connectivity index (χ1n) is 5.22. The molecule has 1 saturated carbocycles. The monoisotopic (exact) mass is 215 g/mol. The van der Waals surface area contributed by atoms with Crippen LogP contribution >= 0.6 is 11.8 Å². The van der Waals surface area contributed by atoms with Crippen molar-refractivity contribution in [2.24, 2.45) is 0 Å². The number of amides is 1. The zero-order chi connectivity index (χ0) is 10.1. The van der Waals surface area contributed by atoms with Crippen LogP contribution in [-0.4, -0.2) is 46.1 Å². The van der Waals surface area contributed by atoms with Gasteiger partial charge < -0.3 is 10.0 Å². The smallest absolute Gasteiger partial charge is 0.225 e. The van der Waals surface area contributed by atoms with E-state index in [0.717, 1.165) is 6.42 Å². The molecule has 1 saturated heterocycles. The lowest BCUT2D eigenvalue weighted by Crippen LogP contribution is -2.40. The average Bonchev–Trinajstić information content (AvgIpc) is 2.71. The van der Waals surface area contributed by atoms with E-state index in [2.05, 4.69) is 6.26 Å². The normalized spacial score (nSPS) is 38.3. The first-order valence-corrected chi connectivity index (χ1v) is 6.51. The van der Waals surface area contributed by atoms with Crippen LogP contribution in [0.4, 0.5) is 0 Å². The van der Waals surface area contributed by atoms with Crippen molar-refractivity contribution < 1.29 is 9.90 Å². The van der Waals surface area contributed by atoms with Gasteiger partial charge in [-0.15, -0.1) is 0 Å². The fourth-order valence-electron chi connectivity index (χ4n) is 2.57. The number of nitrogens with zero attached hydrogens (tertiary/aromatic N) is 1. The maximum Gasteiger partial charge on any atom is 0.225 e. The van der Waals surface area contributed by atoms with E-state index in [4.69, 9.17) is 0 Å².